The minimum absolute atomic E-state index is 0.0161. The Bertz CT molecular complexity index is 716. The molecular weight excluding hydrogens is 398 g/mol. The molecular formula is C20H29NO9. The number of benzene rings is 1. The molecule has 1 saturated heterocycles. The molecule has 1 unspecified atom stereocenters. The van der Waals surface area contributed by atoms with Crippen LogP contribution in [0.2, 0.25) is 0 Å². The number of aliphatic hydroxyl groups excluding tert-OH is 2. The van der Waals surface area contributed by atoms with Gasteiger partial charge in [-0.25, -0.2) is 14.4 Å². The zero-order valence-electron chi connectivity index (χ0n) is 17.0. The van der Waals surface area contributed by atoms with Crippen molar-refractivity contribution in [2.24, 2.45) is 0 Å². The minimum Gasteiger partial charge on any atom is -0.482 e. The molecule has 1 aromatic carbocycles. The second-order valence-electron chi connectivity index (χ2n) is 6.73. The van der Waals surface area contributed by atoms with Crippen molar-refractivity contribution in [3.8, 4) is 5.75 Å². The molecule has 168 valence electrons. The fraction of sp³-hybridized carbons (Fsp3) is 0.550. The summed E-state index contributed by atoms with van der Waals surface area (Å²) < 4.78 is 9.57. The molecule has 10 nitrogen and oxygen atoms in total. The highest BCUT2D eigenvalue weighted by Crippen LogP contribution is 2.28. The van der Waals surface area contributed by atoms with Crippen LogP contribution in [0.25, 0.3) is 0 Å². The summed E-state index contributed by atoms with van der Waals surface area (Å²) in [5, 5.41) is 37.6. The lowest BCUT2D eigenvalue weighted by atomic mass is 9.91. The summed E-state index contributed by atoms with van der Waals surface area (Å²) in [5.74, 6) is -2.57. The minimum atomic E-state index is -2.14. The van der Waals surface area contributed by atoms with Gasteiger partial charge in [-0.2, -0.15) is 0 Å². The van der Waals surface area contributed by atoms with Crippen LogP contribution in [0.3, 0.4) is 0 Å². The molecule has 1 fully saturated rings. The monoisotopic (exact) mass is 427 g/mol. The number of esters is 1. The molecule has 0 aliphatic carbocycles. The first-order chi connectivity index (χ1) is 14.2. The fourth-order valence-electron chi connectivity index (χ4n) is 2.79. The summed E-state index contributed by atoms with van der Waals surface area (Å²) >= 11 is 0. The van der Waals surface area contributed by atoms with Gasteiger partial charge in [-0.05, 0) is 56.3 Å². The van der Waals surface area contributed by atoms with Crippen molar-refractivity contribution in [2.45, 2.75) is 44.8 Å². The predicted octanol–water partition coefficient (Wildman–Crippen LogP) is 0.281. The Morgan fingerprint density at radius 2 is 1.90 bits per heavy atom. The Balaban J connectivity index is 0.000000329. The number of aliphatic hydroxyl groups is 2. The van der Waals surface area contributed by atoms with E-state index in [1.165, 1.54) is 25.3 Å². The molecule has 1 aromatic rings. The van der Waals surface area contributed by atoms with Crippen molar-refractivity contribution in [3.05, 3.63) is 29.3 Å². The van der Waals surface area contributed by atoms with Crippen molar-refractivity contribution in [2.75, 3.05) is 26.3 Å². The summed E-state index contributed by atoms with van der Waals surface area (Å²) in [6.07, 6.45) is -1.80. The molecule has 1 aliphatic rings. The molecule has 30 heavy (non-hydrogen) atoms. The number of ether oxygens (including phenoxy) is 2. The number of hydrogen-bond donors (Lipinski definition) is 5. The van der Waals surface area contributed by atoms with E-state index in [9.17, 15) is 14.4 Å². The molecule has 0 spiro atoms. The Morgan fingerprint density at radius 1 is 1.20 bits per heavy atom. The number of carbonyl (C=O) groups excluding carboxylic acids is 1. The molecule has 3 atom stereocenters. The SMILES string of the molecule is CCOC(=O)[C@H](O)[C@@H](O)C(=O)O.Cc1ccc(C2CCCNC2)cc1OCC(=O)O. The van der Waals surface area contributed by atoms with Gasteiger partial charge in [0.05, 0.1) is 6.61 Å². The van der Waals surface area contributed by atoms with E-state index in [-0.39, 0.29) is 13.2 Å². The van der Waals surface area contributed by atoms with Crippen LogP contribution in [-0.2, 0) is 19.1 Å². The number of aryl methyl sites for hydroxylation is 1. The molecule has 0 amide bonds. The maximum atomic E-state index is 10.6. The number of carboxylic acid groups (broad SMARTS) is 2. The predicted molar refractivity (Wildman–Crippen MR) is 105 cm³/mol. The highest BCUT2D eigenvalue weighted by molar-refractivity contribution is 5.84. The fourth-order valence-corrected chi connectivity index (χ4v) is 2.79. The number of nitrogens with one attached hydrogen (secondary N) is 1. The molecule has 5 N–H and O–H groups in total. The highest BCUT2D eigenvalue weighted by atomic mass is 16.5. The van der Waals surface area contributed by atoms with Crippen molar-refractivity contribution in [3.63, 3.8) is 0 Å². The van der Waals surface area contributed by atoms with Gasteiger partial charge in [0.1, 0.15) is 5.75 Å². The van der Waals surface area contributed by atoms with Crippen molar-refractivity contribution in [1.82, 2.24) is 5.32 Å². The average molecular weight is 427 g/mol. The van der Waals surface area contributed by atoms with Gasteiger partial charge in [0.15, 0.2) is 18.8 Å². The second kappa shape index (κ2) is 12.8. The smallest absolute Gasteiger partial charge is 0.341 e. The van der Waals surface area contributed by atoms with Crippen molar-refractivity contribution < 1.29 is 44.3 Å². The van der Waals surface area contributed by atoms with E-state index in [0.717, 1.165) is 18.7 Å². The first-order valence-electron chi connectivity index (χ1n) is 9.58. The number of carboxylic acids is 2. The molecule has 10 heteroatoms. The topological polar surface area (TPSA) is 163 Å². The van der Waals surface area contributed by atoms with Crippen LogP contribution in [0, 0.1) is 6.92 Å². The Labute approximate surface area is 174 Å². The van der Waals surface area contributed by atoms with E-state index >= 15 is 0 Å². The summed E-state index contributed by atoms with van der Waals surface area (Å²) in [6.45, 7) is 5.24. The van der Waals surface area contributed by atoms with Gasteiger partial charge in [-0.15, -0.1) is 0 Å². The maximum absolute atomic E-state index is 10.6. The van der Waals surface area contributed by atoms with E-state index in [1.54, 1.807) is 0 Å². The van der Waals surface area contributed by atoms with Crippen LogP contribution in [0.4, 0.5) is 0 Å². The second-order valence-corrected chi connectivity index (χ2v) is 6.73. The van der Waals surface area contributed by atoms with Gasteiger partial charge in [0.25, 0.3) is 0 Å². The third kappa shape index (κ3) is 8.36. The van der Waals surface area contributed by atoms with E-state index in [2.05, 4.69) is 16.1 Å². The lowest BCUT2D eigenvalue weighted by Crippen LogP contribution is -2.40. The third-order valence-corrected chi connectivity index (χ3v) is 4.41. The number of aliphatic carboxylic acids is 2. The number of carbonyl (C=O) groups is 3. The molecule has 1 heterocycles. The van der Waals surface area contributed by atoms with Crippen molar-refractivity contribution in [1.29, 1.82) is 0 Å². The zero-order chi connectivity index (χ0) is 22.7. The number of hydrogen-bond acceptors (Lipinski definition) is 8. The molecule has 1 aliphatic heterocycles. The van der Waals surface area contributed by atoms with Crippen LogP contribution in [-0.4, -0.2) is 76.8 Å². The van der Waals surface area contributed by atoms with Gasteiger partial charge in [0.2, 0.25) is 0 Å². The molecule has 0 saturated carbocycles. The summed E-state index contributed by atoms with van der Waals surface area (Å²) in [6, 6.07) is 6.09. The molecule has 0 radical (unpaired) electrons. The van der Waals surface area contributed by atoms with Crippen LogP contribution in [0.1, 0.15) is 36.8 Å². The first kappa shape index (κ1) is 25.3. The van der Waals surface area contributed by atoms with Crippen LogP contribution in [0.5, 0.6) is 5.75 Å². The van der Waals surface area contributed by atoms with Gasteiger partial charge >= 0.3 is 17.9 Å². The summed E-state index contributed by atoms with van der Waals surface area (Å²) in [7, 11) is 0. The van der Waals surface area contributed by atoms with Crippen LogP contribution >= 0.6 is 0 Å². The number of rotatable bonds is 8. The normalized spacial score (nSPS) is 17.7. The standard InChI is InChI=1S/C14H19NO3.C6H10O6/c1-10-4-5-11(12-3-2-6-15-8-12)7-13(10)18-9-14(16)17;1-2-12-6(11)4(8)3(7)5(9)10/h4-5,7,12,15H,2-3,6,8-9H2,1H3,(H,16,17);3-4,7-8H,2H2,1H3,(H,9,10)/t;3-,4-/m.1/s1. The Kier molecular flexibility index (Phi) is 10.8. The zero-order valence-corrected chi connectivity index (χ0v) is 17.0. The Morgan fingerprint density at radius 3 is 2.43 bits per heavy atom. The lowest BCUT2D eigenvalue weighted by molar-refractivity contribution is -0.169. The van der Waals surface area contributed by atoms with Crippen molar-refractivity contribution >= 4 is 17.9 Å². The van der Waals surface area contributed by atoms with E-state index < -0.39 is 30.1 Å². The lowest BCUT2D eigenvalue weighted by Gasteiger charge is -2.23. The summed E-state index contributed by atoms with van der Waals surface area (Å²) in [4.78, 5) is 31.2. The van der Waals surface area contributed by atoms with E-state index in [4.69, 9.17) is 25.2 Å². The highest BCUT2D eigenvalue weighted by Gasteiger charge is 2.30. The van der Waals surface area contributed by atoms with Crippen LogP contribution in [0.15, 0.2) is 18.2 Å². The van der Waals surface area contributed by atoms with Crippen LogP contribution < -0.4 is 10.1 Å². The number of piperidine rings is 1. The first-order valence-corrected chi connectivity index (χ1v) is 9.58. The van der Waals surface area contributed by atoms with E-state index in [0.29, 0.717) is 11.7 Å². The average Bonchev–Trinajstić information content (AvgIpc) is 2.73. The third-order valence-electron chi connectivity index (χ3n) is 4.41. The van der Waals surface area contributed by atoms with E-state index in [1.807, 2.05) is 19.1 Å². The molecule has 2 rings (SSSR count). The quantitative estimate of drug-likeness (QED) is 0.364. The summed E-state index contributed by atoms with van der Waals surface area (Å²) in [5.41, 5.74) is 2.21. The maximum Gasteiger partial charge on any atom is 0.341 e. The van der Waals surface area contributed by atoms with Gasteiger partial charge in [-0.1, -0.05) is 12.1 Å². The molecule has 0 bridgehead atoms. The largest absolute Gasteiger partial charge is 0.482 e. The van der Waals surface area contributed by atoms with Gasteiger partial charge in [-0.3, -0.25) is 0 Å². The van der Waals surface area contributed by atoms with Gasteiger partial charge in [0, 0.05) is 6.54 Å². The molecule has 0 aromatic heterocycles. The Hall–Kier alpha value is -2.69. The van der Waals surface area contributed by atoms with Gasteiger partial charge < -0.3 is 35.2 Å².